The van der Waals surface area contributed by atoms with E-state index in [9.17, 15) is 4.39 Å². The van der Waals surface area contributed by atoms with Crippen molar-refractivity contribution in [1.82, 2.24) is 9.78 Å². The number of aliphatic imine (C=N–C) groups is 1. The quantitative estimate of drug-likeness (QED) is 0.321. The van der Waals surface area contributed by atoms with Crippen LogP contribution in [0.25, 0.3) is 5.69 Å². The molecule has 0 saturated carbocycles. The number of guanidine groups is 1. The minimum Gasteiger partial charge on any atom is -0.497 e. The smallest absolute Gasteiger partial charge is 0.193 e. The predicted octanol–water partition coefficient (Wildman–Crippen LogP) is 3.61. The van der Waals surface area contributed by atoms with E-state index >= 15 is 0 Å². The second-order valence-electron chi connectivity index (χ2n) is 5.60. The highest BCUT2D eigenvalue weighted by Crippen LogP contribution is 2.14. The van der Waals surface area contributed by atoms with Crippen LogP contribution in [0.1, 0.15) is 5.69 Å². The molecule has 1 heterocycles. The Morgan fingerprint density at radius 2 is 1.85 bits per heavy atom. The SMILES string of the molecule is COc1ccc(NC(N)=NCCc2ccn(-c3ccc(F)cc3)n2)cc1.I. The van der Waals surface area contributed by atoms with Crippen molar-refractivity contribution in [2.24, 2.45) is 10.7 Å². The minimum absolute atomic E-state index is 0. The molecule has 0 atom stereocenters. The number of hydrogen-bond donors (Lipinski definition) is 2. The number of halogens is 2. The lowest BCUT2D eigenvalue weighted by Crippen LogP contribution is -2.23. The van der Waals surface area contributed by atoms with Crippen LogP contribution in [-0.2, 0) is 6.42 Å². The lowest BCUT2D eigenvalue weighted by Gasteiger charge is -2.06. The molecule has 0 aliphatic rings. The average Bonchev–Trinajstić information content (AvgIpc) is 3.12. The number of aromatic nitrogens is 2. The highest BCUT2D eigenvalue weighted by molar-refractivity contribution is 14.0. The zero-order valence-corrected chi connectivity index (χ0v) is 17.1. The number of benzene rings is 2. The summed E-state index contributed by atoms with van der Waals surface area (Å²) in [5.74, 6) is 0.853. The maximum Gasteiger partial charge on any atom is 0.193 e. The third-order valence-corrected chi connectivity index (χ3v) is 3.75. The van der Waals surface area contributed by atoms with E-state index in [-0.39, 0.29) is 29.8 Å². The first kappa shape index (κ1) is 20.7. The van der Waals surface area contributed by atoms with Crippen LogP contribution in [0.3, 0.4) is 0 Å². The van der Waals surface area contributed by atoms with Crippen LogP contribution >= 0.6 is 24.0 Å². The molecule has 0 aliphatic carbocycles. The molecule has 0 spiro atoms. The summed E-state index contributed by atoms with van der Waals surface area (Å²) in [7, 11) is 1.62. The Labute approximate surface area is 174 Å². The summed E-state index contributed by atoms with van der Waals surface area (Å²) < 4.78 is 19.8. The van der Waals surface area contributed by atoms with Crippen LogP contribution < -0.4 is 15.8 Å². The highest BCUT2D eigenvalue weighted by atomic mass is 127. The molecule has 0 saturated heterocycles. The molecule has 3 rings (SSSR count). The number of nitrogens with one attached hydrogen (secondary N) is 1. The van der Waals surface area contributed by atoms with Crippen LogP contribution in [0.15, 0.2) is 65.8 Å². The Balaban J connectivity index is 0.00000261. The van der Waals surface area contributed by atoms with Gasteiger partial charge in [0.15, 0.2) is 5.96 Å². The van der Waals surface area contributed by atoms with Gasteiger partial charge in [0.25, 0.3) is 0 Å². The molecular formula is C19H21FIN5O. The largest absolute Gasteiger partial charge is 0.497 e. The topological polar surface area (TPSA) is 77.5 Å². The van der Waals surface area contributed by atoms with Crippen molar-refractivity contribution < 1.29 is 9.13 Å². The summed E-state index contributed by atoms with van der Waals surface area (Å²) in [5, 5.41) is 7.49. The van der Waals surface area contributed by atoms with Crippen molar-refractivity contribution in [1.29, 1.82) is 0 Å². The molecule has 3 N–H and O–H groups in total. The molecule has 0 aliphatic heterocycles. The summed E-state index contributed by atoms with van der Waals surface area (Å²) in [6, 6.07) is 15.5. The van der Waals surface area contributed by atoms with E-state index in [1.807, 2.05) is 36.5 Å². The van der Waals surface area contributed by atoms with Gasteiger partial charge in [-0.25, -0.2) is 9.07 Å². The fourth-order valence-corrected chi connectivity index (χ4v) is 2.39. The lowest BCUT2D eigenvalue weighted by atomic mass is 10.3. The molecule has 1 aromatic heterocycles. The first-order valence-corrected chi connectivity index (χ1v) is 8.15. The van der Waals surface area contributed by atoms with E-state index in [1.54, 1.807) is 23.9 Å². The molecule has 0 bridgehead atoms. The van der Waals surface area contributed by atoms with E-state index in [0.717, 1.165) is 22.8 Å². The van der Waals surface area contributed by atoms with Crippen molar-refractivity contribution in [2.75, 3.05) is 19.0 Å². The summed E-state index contributed by atoms with van der Waals surface area (Å²) in [5.41, 5.74) is 8.43. The molecular weight excluding hydrogens is 460 g/mol. The van der Waals surface area contributed by atoms with Gasteiger partial charge >= 0.3 is 0 Å². The normalized spacial score (nSPS) is 11.0. The van der Waals surface area contributed by atoms with Crippen LogP contribution in [0.4, 0.5) is 10.1 Å². The number of hydrogen-bond acceptors (Lipinski definition) is 3. The summed E-state index contributed by atoms with van der Waals surface area (Å²) in [6.07, 6.45) is 2.49. The van der Waals surface area contributed by atoms with Gasteiger partial charge in [-0.15, -0.1) is 24.0 Å². The van der Waals surface area contributed by atoms with E-state index in [4.69, 9.17) is 10.5 Å². The van der Waals surface area contributed by atoms with Crippen LogP contribution in [0.5, 0.6) is 5.75 Å². The van der Waals surface area contributed by atoms with Gasteiger partial charge in [0.2, 0.25) is 0 Å². The molecule has 6 nitrogen and oxygen atoms in total. The Hall–Kier alpha value is -2.62. The summed E-state index contributed by atoms with van der Waals surface area (Å²) >= 11 is 0. The first-order chi connectivity index (χ1) is 12.6. The minimum atomic E-state index is -0.268. The van der Waals surface area contributed by atoms with Gasteiger partial charge in [-0.1, -0.05) is 0 Å². The third-order valence-electron chi connectivity index (χ3n) is 3.75. The van der Waals surface area contributed by atoms with E-state index in [0.29, 0.717) is 18.9 Å². The zero-order valence-electron chi connectivity index (χ0n) is 14.8. The van der Waals surface area contributed by atoms with E-state index < -0.39 is 0 Å². The fourth-order valence-electron chi connectivity index (χ4n) is 2.39. The predicted molar refractivity (Wildman–Crippen MR) is 116 cm³/mol. The molecule has 0 unspecified atom stereocenters. The number of nitrogens with two attached hydrogens (primary N) is 1. The van der Waals surface area contributed by atoms with Gasteiger partial charge in [-0.3, -0.25) is 4.99 Å². The van der Waals surface area contributed by atoms with E-state index in [1.165, 1.54) is 12.1 Å². The second kappa shape index (κ2) is 9.91. The Kier molecular flexibility index (Phi) is 7.59. The monoisotopic (exact) mass is 481 g/mol. The number of methoxy groups -OCH3 is 1. The third kappa shape index (κ3) is 5.95. The van der Waals surface area contributed by atoms with Gasteiger partial charge in [-0.05, 0) is 54.6 Å². The van der Waals surface area contributed by atoms with Crippen molar-refractivity contribution in [3.05, 3.63) is 72.3 Å². The average molecular weight is 481 g/mol. The van der Waals surface area contributed by atoms with Crippen molar-refractivity contribution in [3.8, 4) is 11.4 Å². The van der Waals surface area contributed by atoms with Crippen molar-refractivity contribution in [3.63, 3.8) is 0 Å². The second-order valence-corrected chi connectivity index (χ2v) is 5.60. The standard InChI is InChI=1S/C19H20FN5O.HI/c1-26-18-8-4-15(5-9-18)23-19(21)22-12-10-16-11-13-25(24-16)17-6-2-14(20)3-7-17;/h2-9,11,13H,10,12H2,1H3,(H3,21,22,23);1H. The van der Waals surface area contributed by atoms with Crippen LogP contribution in [-0.4, -0.2) is 29.4 Å². The van der Waals surface area contributed by atoms with Gasteiger partial charge in [0.05, 0.1) is 18.5 Å². The summed E-state index contributed by atoms with van der Waals surface area (Å²) in [4.78, 5) is 4.30. The first-order valence-electron chi connectivity index (χ1n) is 8.15. The number of anilines is 1. The van der Waals surface area contributed by atoms with Gasteiger partial charge in [-0.2, -0.15) is 5.10 Å². The summed E-state index contributed by atoms with van der Waals surface area (Å²) in [6.45, 7) is 0.509. The van der Waals surface area contributed by atoms with E-state index in [2.05, 4.69) is 15.4 Å². The molecule has 8 heteroatoms. The highest BCUT2D eigenvalue weighted by Gasteiger charge is 2.02. The maximum atomic E-state index is 13.0. The molecule has 27 heavy (non-hydrogen) atoms. The molecule has 0 fully saturated rings. The number of rotatable bonds is 6. The zero-order chi connectivity index (χ0) is 18.4. The molecule has 0 amide bonds. The van der Waals surface area contributed by atoms with Crippen LogP contribution in [0, 0.1) is 5.82 Å². The Morgan fingerprint density at radius 1 is 1.15 bits per heavy atom. The molecule has 0 radical (unpaired) electrons. The van der Waals surface area contributed by atoms with Gasteiger partial charge in [0.1, 0.15) is 11.6 Å². The van der Waals surface area contributed by atoms with Crippen molar-refractivity contribution in [2.45, 2.75) is 6.42 Å². The maximum absolute atomic E-state index is 13.0. The van der Waals surface area contributed by atoms with Crippen molar-refractivity contribution >= 4 is 35.6 Å². The Bertz CT molecular complexity index is 878. The number of nitrogens with zero attached hydrogens (tertiary/aromatic N) is 3. The molecule has 3 aromatic rings. The lowest BCUT2D eigenvalue weighted by molar-refractivity contribution is 0.415. The van der Waals surface area contributed by atoms with Crippen LogP contribution in [0.2, 0.25) is 0 Å². The fraction of sp³-hybridized carbons (Fsp3) is 0.158. The molecule has 2 aromatic carbocycles. The molecule has 142 valence electrons. The number of ether oxygens (including phenoxy) is 1. The Morgan fingerprint density at radius 3 is 2.52 bits per heavy atom. The van der Waals surface area contributed by atoms with Gasteiger partial charge < -0.3 is 15.8 Å². The van der Waals surface area contributed by atoms with Gasteiger partial charge in [0, 0.05) is 24.8 Å².